The van der Waals surface area contributed by atoms with Gasteiger partial charge in [0.25, 0.3) is 15.6 Å². The van der Waals surface area contributed by atoms with Crippen molar-refractivity contribution >= 4 is 28.9 Å². The Labute approximate surface area is 225 Å². The third kappa shape index (κ3) is 5.82. The summed E-state index contributed by atoms with van der Waals surface area (Å²) >= 11 is 0. The number of amides is 2. The normalized spacial score (nSPS) is 16.9. The van der Waals surface area contributed by atoms with Gasteiger partial charge in [-0.3, -0.25) is 9.48 Å². The Hall–Kier alpha value is -3.75. The number of anilines is 1. The van der Waals surface area contributed by atoms with Crippen LogP contribution in [0, 0.1) is 5.92 Å². The molecule has 2 aliphatic rings. The molecule has 14 heteroatoms. The van der Waals surface area contributed by atoms with Gasteiger partial charge in [-0.15, -0.1) is 0 Å². The Kier molecular flexibility index (Phi) is 7.43. The number of benzene rings is 1. The van der Waals surface area contributed by atoms with Gasteiger partial charge in [-0.2, -0.15) is 18.6 Å². The van der Waals surface area contributed by atoms with Crippen molar-refractivity contribution in [1.82, 2.24) is 24.3 Å². The number of fused-ring (bicyclic) bond motifs is 1. The highest BCUT2D eigenvalue weighted by Crippen LogP contribution is 2.36. The van der Waals surface area contributed by atoms with Gasteiger partial charge in [-0.1, -0.05) is 24.2 Å². The molecular formula is C25H29BN6O6S. The number of hydrogen-bond acceptors (Lipinski definition) is 8. The second kappa shape index (κ2) is 10.8. The summed E-state index contributed by atoms with van der Waals surface area (Å²) in [5.41, 5.74) is 3.11. The van der Waals surface area contributed by atoms with Crippen LogP contribution in [-0.2, 0) is 34.1 Å². The van der Waals surface area contributed by atoms with E-state index in [-0.39, 0.29) is 35.7 Å². The van der Waals surface area contributed by atoms with Crippen LogP contribution in [0.1, 0.15) is 37.4 Å². The van der Waals surface area contributed by atoms with Crippen molar-refractivity contribution in [1.29, 1.82) is 0 Å². The van der Waals surface area contributed by atoms with Crippen molar-refractivity contribution in [2.45, 2.75) is 50.7 Å². The first-order valence-corrected chi connectivity index (χ1v) is 14.2. The second-order valence-corrected chi connectivity index (χ2v) is 11.5. The highest BCUT2D eigenvalue weighted by Gasteiger charge is 2.26. The summed E-state index contributed by atoms with van der Waals surface area (Å²) in [7, 11) is -5.17. The Balaban J connectivity index is 1.43. The number of aryl methyl sites for hydroxylation is 1. The van der Waals surface area contributed by atoms with Crippen LogP contribution in [0.25, 0.3) is 11.3 Å². The minimum Gasteiger partial charge on any atom is -0.423 e. The van der Waals surface area contributed by atoms with Crippen molar-refractivity contribution in [3.63, 3.8) is 0 Å². The van der Waals surface area contributed by atoms with E-state index in [1.807, 2.05) is 26.0 Å². The molecule has 0 fully saturated rings. The van der Waals surface area contributed by atoms with Gasteiger partial charge in [0, 0.05) is 36.4 Å². The first-order valence-electron chi connectivity index (χ1n) is 12.7. The second-order valence-electron chi connectivity index (χ2n) is 9.87. The number of carbonyl (C=O) groups excluding carboxylic acids is 1. The fourth-order valence-corrected chi connectivity index (χ4v) is 5.57. The maximum absolute atomic E-state index is 13.0. The number of aromatic nitrogens is 4. The molecule has 0 spiro atoms. The highest BCUT2D eigenvalue weighted by molar-refractivity contribution is 7.90. The molecule has 0 bridgehead atoms. The molecular weight excluding hydrogens is 523 g/mol. The van der Waals surface area contributed by atoms with Crippen LogP contribution in [0.3, 0.4) is 0 Å². The zero-order valence-corrected chi connectivity index (χ0v) is 22.4. The zero-order valence-electron chi connectivity index (χ0n) is 21.6. The number of sulfonamides is 1. The number of carbonyl (C=O) groups is 1. The molecule has 0 radical (unpaired) electrons. The van der Waals surface area contributed by atoms with E-state index in [2.05, 4.69) is 20.2 Å². The van der Waals surface area contributed by atoms with Crippen LogP contribution in [0.15, 0.2) is 58.4 Å². The van der Waals surface area contributed by atoms with E-state index in [1.54, 1.807) is 12.1 Å². The maximum Gasteiger partial charge on any atom is 0.483 e. The van der Waals surface area contributed by atoms with Crippen molar-refractivity contribution in [2.24, 2.45) is 5.92 Å². The van der Waals surface area contributed by atoms with Crippen molar-refractivity contribution in [2.75, 3.05) is 11.9 Å². The summed E-state index contributed by atoms with van der Waals surface area (Å²) in [4.78, 5) is 25.5. The predicted octanol–water partition coefficient (Wildman–Crippen LogP) is 1.91. The molecule has 12 nitrogen and oxygen atoms in total. The van der Waals surface area contributed by atoms with Gasteiger partial charge in [-0.25, -0.2) is 14.2 Å². The standard InChI is InChI=1S/C25H29BN6O6S/c1-16(2)31-13-11-22(29-31)39(36,37)30-25(34)27-24-19-5-3-4-18(19)6-7-20(24)21-8-9-23(33)32(28-21)14-17-10-12-26(35)38-15-17/h6-13,16-17,35H,3-5,14-15H2,1-2H3,(H2,27,30,34). The van der Waals surface area contributed by atoms with Crippen LogP contribution in [0.5, 0.6) is 0 Å². The summed E-state index contributed by atoms with van der Waals surface area (Å²) in [6.45, 7) is 4.21. The van der Waals surface area contributed by atoms with Gasteiger partial charge in [0.15, 0.2) is 5.03 Å². The minimum atomic E-state index is -4.21. The van der Waals surface area contributed by atoms with Gasteiger partial charge < -0.3 is 15.0 Å². The Morgan fingerprint density at radius 2 is 2.03 bits per heavy atom. The Morgan fingerprint density at radius 1 is 1.21 bits per heavy atom. The molecule has 3 N–H and O–H groups in total. The lowest BCUT2D eigenvalue weighted by Gasteiger charge is -2.20. The summed E-state index contributed by atoms with van der Waals surface area (Å²) in [5, 5.41) is 20.6. The molecule has 1 aromatic carbocycles. The maximum atomic E-state index is 13.0. The summed E-state index contributed by atoms with van der Waals surface area (Å²) < 4.78 is 35.7. The first-order chi connectivity index (χ1) is 18.6. The number of nitrogens with one attached hydrogen (secondary N) is 2. The minimum absolute atomic E-state index is 0.0405. The number of rotatable bonds is 7. The predicted molar refractivity (Wildman–Crippen MR) is 144 cm³/mol. The van der Waals surface area contributed by atoms with E-state index in [9.17, 15) is 23.0 Å². The van der Waals surface area contributed by atoms with Crippen LogP contribution in [-0.4, -0.2) is 52.8 Å². The van der Waals surface area contributed by atoms with E-state index in [4.69, 9.17) is 4.65 Å². The van der Waals surface area contributed by atoms with E-state index in [0.717, 1.165) is 24.0 Å². The zero-order chi connectivity index (χ0) is 27.7. The molecule has 204 valence electrons. The van der Waals surface area contributed by atoms with Crippen LogP contribution in [0.2, 0.25) is 0 Å². The average Bonchev–Trinajstić information content (AvgIpc) is 3.58. The molecule has 2 aromatic heterocycles. The van der Waals surface area contributed by atoms with Crippen molar-refractivity contribution in [3.8, 4) is 11.3 Å². The van der Waals surface area contributed by atoms with Crippen molar-refractivity contribution in [3.05, 3.63) is 70.1 Å². The van der Waals surface area contributed by atoms with Crippen LogP contribution in [0.4, 0.5) is 10.5 Å². The largest absolute Gasteiger partial charge is 0.483 e. The third-order valence-electron chi connectivity index (χ3n) is 6.72. The van der Waals surface area contributed by atoms with Crippen LogP contribution >= 0.6 is 0 Å². The molecule has 3 heterocycles. The van der Waals surface area contributed by atoms with Crippen LogP contribution < -0.4 is 15.6 Å². The quantitative estimate of drug-likeness (QED) is 0.375. The van der Waals surface area contributed by atoms with E-state index >= 15 is 0 Å². The average molecular weight is 552 g/mol. The van der Waals surface area contributed by atoms with Crippen molar-refractivity contribution < 1.29 is 22.9 Å². The smallest absolute Gasteiger partial charge is 0.423 e. The molecule has 3 aromatic rings. The Bertz CT molecular complexity index is 1600. The van der Waals surface area contributed by atoms with Gasteiger partial charge in [-0.05, 0) is 56.4 Å². The highest BCUT2D eigenvalue weighted by atomic mass is 32.2. The summed E-state index contributed by atoms with van der Waals surface area (Å²) in [6, 6.07) is 7.12. The molecule has 1 aliphatic heterocycles. The first kappa shape index (κ1) is 26.8. The van der Waals surface area contributed by atoms with E-state index in [0.29, 0.717) is 23.4 Å². The lowest BCUT2D eigenvalue weighted by molar-refractivity contribution is 0.214. The molecule has 1 aliphatic carbocycles. The van der Waals surface area contributed by atoms with E-state index < -0.39 is 23.2 Å². The summed E-state index contributed by atoms with van der Waals surface area (Å²) in [5.74, 6) is 1.37. The molecule has 1 unspecified atom stereocenters. The third-order valence-corrected chi connectivity index (χ3v) is 7.94. The monoisotopic (exact) mass is 552 g/mol. The number of nitrogens with zero attached hydrogens (tertiary/aromatic N) is 4. The molecule has 0 saturated carbocycles. The fraction of sp³-hybridized carbons (Fsp3) is 0.360. The van der Waals surface area contributed by atoms with E-state index in [1.165, 1.54) is 33.7 Å². The number of hydrogen-bond donors (Lipinski definition) is 3. The van der Waals surface area contributed by atoms with Gasteiger partial charge in [0.2, 0.25) is 0 Å². The molecule has 0 saturated heterocycles. The topological polar surface area (TPSA) is 157 Å². The molecule has 2 amide bonds. The lowest BCUT2D eigenvalue weighted by Crippen LogP contribution is -2.35. The molecule has 1 atom stereocenters. The SMILES string of the molecule is CC(C)n1ccc(S(=O)(=O)NC(=O)Nc2c(-c3ccc(=O)n(CC4C=CB(O)OC4)n3)ccc3c2CCC3)n1. The van der Waals surface area contributed by atoms with Gasteiger partial charge in [0.1, 0.15) is 0 Å². The number of urea groups is 1. The lowest BCUT2D eigenvalue weighted by atomic mass is 9.85. The summed E-state index contributed by atoms with van der Waals surface area (Å²) in [6.07, 6.45) is 5.76. The Morgan fingerprint density at radius 3 is 2.74 bits per heavy atom. The fourth-order valence-electron chi connectivity index (χ4n) is 4.73. The molecule has 39 heavy (non-hydrogen) atoms. The van der Waals surface area contributed by atoms with Gasteiger partial charge in [0.05, 0.1) is 17.9 Å². The molecule has 5 rings (SSSR count). The van der Waals surface area contributed by atoms with Gasteiger partial charge >= 0.3 is 13.1 Å².